The molecule has 0 saturated heterocycles. The molecule has 0 aliphatic heterocycles. The highest BCUT2D eigenvalue weighted by molar-refractivity contribution is 4.69. The Bertz CT molecular complexity index is 256. The molecule has 4 heteroatoms. The Balaban J connectivity index is 2.35. The SMILES string of the molecule is C=CCCCCOOC1(OO)CCCCCCCCCCC1. The minimum atomic E-state index is -0.975. The fraction of sp³-hybridized carbons (Fsp3) is 0.889. The number of unbranched alkanes of at least 4 members (excludes halogenated alkanes) is 2. The zero-order chi connectivity index (χ0) is 15.9. The van der Waals surface area contributed by atoms with E-state index in [1.54, 1.807) is 0 Å². The number of allylic oxidation sites excluding steroid dienone is 1. The lowest BCUT2D eigenvalue weighted by Gasteiger charge is -2.29. The van der Waals surface area contributed by atoms with Gasteiger partial charge < -0.3 is 0 Å². The molecule has 0 atom stereocenters. The first kappa shape index (κ1) is 19.6. The standard InChI is InChI=1S/C18H34O4/c1-2-3-4-14-17-20-22-18(21-19)15-12-10-8-6-5-7-9-11-13-16-18/h2,19H,1,3-17H2. The summed E-state index contributed by atoms with van der Waals surface area (Å²) in [6.07, 6.45) is 17.1. The van der Waals surface area contributed by atoms with Gasteiger partial charge in [0.2, 0.25) is 5.79 Å². The third-order valence-electron chi connectivity index (χ3n) is 4.38. The Morgan fingerprint density at radius 1 is 0.864 bits per heavy atom. The maximum atomic E-state index is 9.37. The third-order valence-corrected chi connectivity index (χ3v) is 4.38. The van der Waals surface area contributed by atoms with E-state index in [0.29, 0.717) is 19.4 Å². The average Bonchev–Trinajstić information content (AvgIpc) is 2.53. The normalized spacial score (nSPS) is 20.8. The smallest absolute Gasteiger partial charge is 0.233 e. The van der Waals surface area contributed by atoms with Crippen molar-refractivity contribution in [3.05, 3.63) is 12.7 Å². The van der Waals surface area contributed by atoms with Gasteiger partial charge in [-0.3, -0.25) is 0 Å². The molecule has 1 aliphatic rings. The Labute approximate surface area is 135 Å². The highest BCUT2D eigenvalue weighted by Crippen LogP contribution is 2.29. The Hall–Kier alpha value is -0.420. The summed E-state index contributed by atoms with van der Waals surface area (Å²) in [4.78, 5) is 15.6. The molecule has 0 radical (unpaired) electrons. The summed E-state index contributed by atoms with van der Waals surface area (Å²) in [5, 5.41) is 9.37. The zero-order valence-corrected chi connectivity index (χ0v) is 14.1. The second-order valence-corrected chi connectivity index (χ2v) is 6.37. The van der Waals surface area contributed by atoms with Crippen molar-refractivity contribution in [3.63, 3.8) is 0 Å². The van der Waals surface area contributed by atoms with E-state index in [4.69, 9.17) is 14.7 Å². The maximum absolute atomic E-state index is 9.37. The van der Waals surface area contributed by atoms with Gasteiger partial charge in [-0.05, 0) is 32.1 Å². The van der Waals surface area contributed by atoms with Gasteiger partial charge in [0, 0.05) is 12.8 Å². The fourth-order valence-electron chi connectivity index (χ4n) is 2.94. The van der Waals surface area contributed by atoms with E-state index in [9.17, 15) is 5.26 Å². The highest BCUT2D eigenvalue weighted by atomic mass is 17.3. The van der Waals surface area contributed by atoms with Gasteiger partial charge in [0.1, 0.15) is 0 Å². The van der Waals surface area contributed by atoms with Gasteiger partial charge in [-0.2, -0.15) is 4.89 Å². The van der Waals surface area contributed by atoms with Crippen molar-refractivity contribution in [1.29, 1.82) is 0 Å². The van der Waals surface area contributed by atoms with Crippen molar-refractivity contribution in [1.82, 2.24) is 0 Å². The van der Waals surface area contributed by atoms with Crippen molar-refractivity contribution < 1.29 is 19.9 Å². The molecule has 22 heavy (non-hydrogen) atoms. The van der Waals surface area contributed by atoms with Crippen molar-refractivity contribution in [2.45, 2.75) is 95.7 Å². The van der Waals surface area contributed by atoms with E-state index in [2.05, 4.69) is 6.58 Å². The van der Waals surface area contributed by atoms with Gasteiger partial charge in [0.15, 0.2) is 0 Å². The zero-order valence-electron chi connectivity index (χ0n) is 14.1. The van der Waals surface area contributed by atoms with Crippen LogP contribution in [0.3, 0.4) is 0 Å². The molecular formula is C18H34O4. The van der Waals surface area contributed by atoms with E-state index in [1.807, 2.05) is 6.08 Å². The molecular weight excluding hydrogens is 280 g/mol. The van der Waals surface area contributed by atoms with Gasteiger partial charge in [0.25, 0.3) is 0 Å². The molecule has 1 saturated carbocycles. The van der Waals surface area contributed by atoms with E-state index < -0.39 is 5.79 Å². The monoisotopic (exact) mass is 314 g/mol. The summed E-state index contributed by atoms with van der Waals surface area (Å²) in [7, 11) is 0. The lowest BCUT2D eigenvalue weighted by molar-refractivity contribution is -0.503. The largest absolute Gasteiger partial charge is 0.249 e. The number of rotatable bonds is 8. The van der Waals surface area contributed by atoms with Crippen LogP contribution in [-0.4, -0.2) is 17.7 Å². The molecule has 0 aromatic rings. The Morgan fingerprint density at radius 3 is 1.91 bits per heavy atom. The average molecular weight is 314 g/mol. The second-order valence-electron chi connectivity index (χ2n) is 6.37. The minimum absolute atomic E-state index is 0.527. The summed E-state index contributed by atoms with van der Waals surface area (Å²) >= 11 is 0. The first-order valence-corrected chi connectivity index (χ1v) is 9.07. The molecule has 0 aromatic carbocycles. The topological polar surface area (TPSA) is 47.9 Å². The van der Waals surface area contributed by atoms with Crippen molar-refractivity contribution >= 4 is 0 Å². The van der Waals surface area contributed by atoms with Crippen molar-refractivity contribution in [3.8, 4) is 0 Å². The van der Waals surface area contributed by atoms with E-state index >= 15 is 0 Å². The van der Waals surface area contributed by atoms with Crippen LogP contribution in [0, 0.1) is 0 Å². The highest BCUT2D eigenvalue weighted by Gasteiger charge is 2.33. The van der Waals surface area contributed by atoms with Gasteiger partial charge in [-0.1, -0.05) is 51.0 Å². The summed E-state index contributed by atoms with van der Waals surface area (Å²) in [6.45, 7) is 4.23. The summed E-state index contributed by atoms with van der Waals surface area (Å²) in [5.41, 5.74) is 0. The van der Waals surface area contributed by atoms with Gasteiger partial charge in [-0.15, -0.1) is 6.58 Å². The third kappa shape index (κ3) is 8.89. The van der Waals surface area contributed by atoms with Gasteiger partial charge in [0.05, 0.1) is 6.61 Å². The Morgan fingerprint density at radius 2 is 1.41 bits per heavy atom. The van der Waals surface area contributed by atoms with Crippen LogP contribution in [0.25, 0.3) is 0 Å². The van der Waals surface area contributed by atoms with Crippen LogP contribution >= 0.6 is 0 Å². The fourth-order valence-corrected chi connectivity index (χ4v) is 2.94. The molecule has 0 heterocycles. The maximum Gasteiger partial charge on any atom is 0.233 e. The lowest BCUT2D eigenvalue weighted by atomic mass is 9.97. The van der Waals surface area contributed by atoms with E-state index in [0.717, 1.165) is 44.9 Å². The van der Waals surface area contributed by atoms with Crippen LogP contribution in [0.1, 0.15) is 89.9 Å². The lowest BCUT2D eigenvalue weighted by Crippen LogP contribution is -2.35. The molecule has 1 fully saturated rings. The van der Waals surface area contributed by atoms with Crippen LogP contribution in [0.2, 0.25) is 0 Å². The van der Waals surface area contributed by atoms with Crippen molar-refractivity contribution in [2.24, 2.45) is 0 Å². The number of hydrogen-bond acceptors (Lipinski definition) is 4. The van der Waals surface area contributed by atoms with Crippen LogP contribution in [0.4, 0.5) is 0 Å². The molecule has 4 nitrogen and oxygen atoms in total. The predicted octanol–water partition coefficient (Wildman–Crippen LogP) is 5.78. The molecule has 1 aliphatic carbocycles. The summed E-state index contributed by atoms with van der Waals surface area (Å²) in [5.74, 6) is -0.975. The Kier molecular flexibility index (Phi) is 11.6. The summed E-state index contributed by atoms with van der Waals surface area (Å²) in [6, 6.07) is 0. The van der Waals surface area contributed by atoms with Crippen molar-refractivity contribution in [2.75, 3.05) is 6.61 Å². The van der Waals surface area contributed by atoms with Crippen LogP contribution in [-0.2, 0) is 14.7 Å². The van der Waals surface area contributed by atoms with Crippen LogP contribution in [0.15, 0.2) is 12.7 Å². The minimum Gasteiger partial charge on any atom is -0.249 e. The quantitative estimate of drug-likeness (QED) is 0.203. The molecule has 1 rings (SSSR count). The van der Waals surface area contributed by atoms with Gasteiger partial charge in [-0.25, -0.2) is 15.0 Å². The number of hydrogen-bond donors (Lipinski definition) is 1. The van der Waals surface area contributed by atoms with Crippen LogP contribution < -0.4 is 0 Å². The second kappa shape index (κ2) is 13.1. The van der Waals surface area contributed by atoms with E-state index in [1.165, 1.54) is 32.1 Å². The molecule has 0 unspecified atom stereocenters. The molecule has 1 N–H and O–H groups in total. The molecule has 0 amide bonds. The summed E-state index contributed by atoms with van der Waals surface area (Å²) < 4.78 is 0. The molecule has 130 valence electrons. The molecule has 0 bridgehead atoms. The predicted molar refractivity (Wildman–Crippen MR) is 88.3 cm³/mol. The van der Waals surface area contributed by atoms with Crippen LogP contribution in [0.5, 0.6) is 0 Å². The van der Waals surface area contributed by atoms with Gasteiger partial charge >= 0.3 is 0 Å². The molecule has 0 spiro atoms. The first-order chi connectivity index (χ1) is 10.8. The molecule has 0 aromatic heterocycles. The first-order valence-electron chi connectivity index (χ1n) is 9.07. The van der Waals surface area contributed by atoms with E-state index in [-0.39, 0.29) is 0 Å².